The van der Waals surface area contributed by atoms with E-state index in [1.807, 2.05) is 49.4 Å². The van der Waals surface area contributed by atoms with Crippen LogP contribution < -0.4 is 10.8 Å². The highest BCUT2D eigenvalue weighted by atomic mass is 32.2. The summed E-state index contributed by atoms with van der Waals surface area (Å²) < 4.78 is 0. The lowest BCUT2D eigenvalue weighted by Crippen LogP contribution is -2.30. The van der Waals surface area contributed by atoms with Gasteiger partial charge in [-0.3, -0.25) is 4.79 Å². The third-order valence-corrected chi connectivity index (χ3v) is 5.74. The number of carbonyl (C=O) groups is 2. The van der Waals surface area contributed by atoms with Gasteiger partial charge in [-0.2, -0.15) is 0 Å². The molecule has 0 aliphatic carbocycles. The molecular formula is C21H20BNO3S. The van der Waals surface area contributed by atoms with E-state index in [0.717, 1.165) is 11.1 Å². The quantitative estimate of drug-likeness (QED) is 0.760. The molecule has 0 fully saturated rings. The summed E-state index contributed by atoms with van der Waals surface area (Å²) in [7, 11) is 5.72. The standard InChI is InChI=1S/C21H20BNO3S/c1-13(11-14-5-3-2-4-6-14)19(24)23-20-18(21(25)26)17(12-27-20)15-7-9-16(22)10-8-15/h2-10,13,17H,11-12H2,1H3,(H,23,24)(H,25,26). The molecule has 2 atom stereocenters. The Morgan fingerprint density at radius 3 is 2.48 bits per heavy atom. The average molecular weight is 377 g/mol. The van der Waals surface area contributed by atoms with Crippen molar-refractivity contribution in [1.82, 2.24) is 5.32 Å². The Morgan fingerprint density at radius 1 is 1.19 bits per heavy atom. The number of carboxylic acids is 1. The van der Waals surface area contributed by atoms with Crippen molar-refractivity contribution in [2.75, 3.05) is 5.75 Å². The molecule has 136 valence electrons. The Kier molecular flexibility index (Phi) is 6.06. The number of hydrogen-bond donors (Lipinski definition) is 2. The molecule has 3 rings (SSSR count). The fourth-order valence-electron chi connectivity index (χ4n) is 3.12. The molecule has 1 aliphatic heterocycles. The number of hydrogen-bond acceptors (Lipinski definition) is 3. The van der Waals surface area contributed by atoms with Gasteiger partial charge in [-0.1, -0.05) is 67.0 Å². The molecule has 2 aromatic carbocycles. The molecule has 2 radical (unpaired) electrons. The van der Waals surface area contributed by atoms with Crippen LogP contribution in [0.4, 0.5) is 0 Å². The van der Waals surface area contributed by atoms with Gasteiger partial charge in [-0.25, -0.2) is 4.79 Å². The lowest BCUT2D eigenvalue weighted by Gasteiger charge is -2.14. The number of amides is 1. The second-order valence-electron chi connectivity index (χ2n) is 6.66. The number of rotatable bonds is 6. The van der Waals surface area contributed by atoms with E-state index in [-0.39, 0.29) is 23.3 Å². The summed E-state index contributed by atoms with van der Waals surface area (Å²) in [5.41, 5.74) is 2.83. The molecule has 27 heavy (non-hydrogen) atoms. The van der Waals surface area contributed by atoms with Crippen LogP contribution in [0, 0.1) is 5.92 Å². The van der Waals surface area contributed by atoms with E-state index in [1.165, 1.54) is 11.8 Å². The lowest BCUT2D eigenvalue weighted by atomic mass is 9.89. The number of carbonyl (C=O) groups excluding carboxylic acids is 1. The average Bonchev–Trinajstić information content (AvgIpc) is 3.07. The van der Waals surface area contributed by atoms with Crippen molar-refractivity contribution < 1.29 is 14.7 Å². The molecule has 0 saturated carbocycles. The van der Waals surface area contributed by atoms with Gasteiger partial charge in [-0.15, -0.1) is 11.8 Å². The van der Waals surface area contributed by atoms with E-state index < -0.39 is 5.97 Å². The normalized spacial score (nSPS) is 17.6. The van der Waals surface area contributed by atoms with Crippen molar-refractivity contribution in [2.24, 2.45) is 5.92 Å². The van der Waals surface area contributed by atoms with Crippen LogP contribution in [0.3, 0.4) is 0 Å². The van der Waals surface area contributed by atoms with E-state index >= 15 is 0 Å². The molecule has 1 heterocycles. The largest absolute Gasteiger partial charge is 0.478 e. The predicted molar refractivity (Wildman–Crippen MR) is 109 cm³/mol. The zero-order chi connectivity index (χ0) is 19.4. The second kappa shape index (κ2) is 8.48. The number of nitrogens with one attached hydrogen (secondary N) is 1. The van der Waals surface area contributed by atoms with Crippen molar-refractivity contribution in [1.29, 1.82) is 0 Å². The van der Waals surface area contributed by atoms with E-state index in [2.05, 4.69) is 5.32 Å². The van der Waals surface area contributed by atoms with Crippen LogP contribution in [0.15, 0.2) is 65.2 Å². The number of thioether (sulfide) groups is 1. The summed E-state index contributed by atoms with van der Waals surface area (Å²) in [6, 6.07) is 17.0. The Balaban J connectivity index is 1.76. The second-order valence-corrected chi connectivity index (χ2v) is 7.69. The van der Waals surface area contributed by atoms with Crippen molar-refractivity contribution in [2.45, 2.75) is 19.3 Å². The zero-order valence-electron chi connectivity index (χ0n) is 15.0. The Labute approximate surface area is 164 Å². The SMILES string of the molecule is [B]c1ccc(C2CSC(NC(=O)C(C)Cc3ccccc3)=C2C(=O)O)cc1. The fraction of sp³-hybridized carbons (Fsp3) is 0.238. The smallest absolute Gasteiger partial charge is 0.334 e. The van der Waals surface area contributed by atoms with E-state index in [0.29, 0.717) is 22.7 Å². The van der Waals surface area contributed by atoms with E-state index in [1.54, 1.807) is 12.1 Å². The Hall–Kier alpha value is -2.47. The lowest BCUT2D eigenvalue weighted by molar-refractivity contribution is -0.132. The van der Waals surface area contributed by atoms with Gasteiger partial charge in [0.25, 0.3) is 0 Å². The van der Waals surface area contributed by atoms with Gasteiger partial charge in [0.2, 0.25) is 5.91 Å². The minimum absolute atomic E-state index is 0.168. The van der Waals surface area contributed by atoms with Crippen LogP contribution in [0.25, 0.3) is 0 Å². The minimum atomic E-state index is -1.01. The first-order valence-corrected chi connectivity index (χ1v) is 9.74. The molecule has 1 aliphatic rings. The molecule has 0 aromatic heterocycles. The molecule has 0 saturated heterocycles. The molecule has 2 aromatic rings. The summed E-state index contributed by atoms with van der Waals surface area (Å²) in [4.78, 5) is 24.4. The summed E-state index contributed by atoms with van der Waals surface area (Å²) in [6.07, 6.45) is 0.606. The molecule has 0 bridgehead atoms. The Morgan fingerprint density at radius 2 is 1.85 bits per heavy atom. The molecule has 4 nitrogen and oxygen atoms in total. The van der Waals surface area contributed by atoms with Gasteiger partial charge in [0.05, 0.1) is 10.6 Å². The van der Waals surface area contributed by atoms with Gasteiger partial charge in [0.1, 0.15) is 7.85 Å². The number of carboxylic acid groups (broad SMARTS) is 1. The van der Waals surface area contributed by atoms with Crippen molar-refractivity contribution in [3.8, 4) is 0 Å². The van der Waals surface area contributed by atoms with Gasteiger partial charge < -0.3 is 10.4 Å². The summed E-state index contributed by atoms with van der Waals surface area (Å²) in [5.74, 6) is -1.13. The molecular weight excluding hydrogens is 357 g/mol. The van der Waals surface area contributed by atoms with Crippen molar-refractivity contribution in [3.63, 3.8) is 0 Å². The first-order valence-electron chi connectivity index (χ1n) is 8.76. The molecule has 2 unspecified atom stereocenters. The van der Waals surface area contributed by atoms with Crippen LogP contribution >= 0.6 is 11.8 Å². The number of benzene rings is 2. The highest BCUT2D eigenvalue weighted by Crippen LogP contribution is 2.40. The summed E-state index contributed by atoms with van der Waals surface area (Å²) in [5, 5.41) is 13.0. The molecule has 1 amide bonds. The Bertz CT molecular complexity index is 865. The zero-order valence-corrected chi connectivity index (χ0v) is 15.8. The molecule has 2 N–H and O–H groups in total. The fourth-order valence-corrected chi connectivity index (χ4v) is 4.37. The maximum absolute atomic E-state index is 12.6. The van der Waals surface area contributed by atoms with Crippen LogP contribution in [0.1, 0.15) is 24.0 Å². The first-order chi connectivity index (χ1) is 13.0. The van der Waals surface area contributed by atoms with Crippen LogP contribution in [0.2, 0.25) is 0 Å². The highest BCUT2D eigenvalue weighted by molar-refractivity contribution is 8.03. The van der Waals surface area contributed by atoms with Gasteiger partial charge in [0.15, 0.2) is 0 Å². The summed E-state index contributed by atoms with van der Waals surface area (Å²) >= 11 is 1.37. The van der Waals surface area contributed by atoms with E-state index in [4.69, 9.17) is 7.85 Å². The van der Waals surface area contributed by atoms with E-state index in [9.17, 15) is 14.7 Å². The minimum Gasteiger partial charge on any atom is -0.478 e. The molecule has 0 spiro atoms. The third-order valence-electron chi connectivity index (χ3n) is 4.63. The van der Waals surface area contributed by atoms with Crippen LogP contribution in [-0.2, 0) is 16.0 Å². The predicted octanol–water partition coefficient (Wildman–Crippen LogP) is 2.60. The van der Waals surface area contributed by atoms with Gasteiger partial charge in [-0.05, 0) is 17.5 Å². The van der Waals surface area contributed by atoms with Crippen LogP contribution in [-0.4, -0.2) is 30.6 Å². The third kappa shape index (κ3) is 4.63. The van der Waals surface area contributed by atoms with Gasteiger partial charge in [0, 0.05) is 17.6 Å². The maximum atomic E-state index is 12.6. The maximum Gasteiger partial charge on any atom is 0.334 e. The highest BCUT2D eigenvalue weighted by Gasteiger charge is 2.33. The topological polar surface area (TPSA) is 66.4 Å². The summed E-state index contributed by atoms with van der Waals surface area (Å²) in [6.45, 7) is 1.85. The first kappa shape index (κ1) is 19.3. The van der Waals surface area contributed by atoms with Gasteiger partial charge >= 0.3 is 5.97 Å². The van der Waals surface area contributed by atoms with Crippen molar-refractivity contribution >= 4 is 36.9 Å². The molecule has 6 heteroatoms. The monoisotopic (exact) mass is 377 g/mol. The number of aliphatic carboxylic acids is 1. The van der Waals surface area contributed by atoms with Crippen LogP contribution in [0.5, 0.6) is 0 Å². The van der Waals surface area contributed by atoms with Crippen molar-refractivity contribution in [3.05, 3.63) is 76.3 Å².